The van der Waals surface area contributed by atoms with Crippen LogP contribution in [0.25, 0.3) is 16.7 Å². The first kappa shape index (κ1) is 10.7. The van der Waals surface area contributed by atoms with Crippen molar-refractivity contribution >= 4 is 17.3 Å². The molecule has 0 saturated heterocycles. The van der Waals surface area contributed by atoms with Gasteiger partial charge in [-0.1, -0.05) is 12.1 Å². The van der Waals surface area contributed by atoms with Gasteiger partial charge in [0.2, 0.25) is 0 Å². The number of aryl methyl sites for hydroxylation is 1. The molecule has 0 aliphatic carbocycles. The molecule has 3 nitrogen and oxygen atoms in total. The summed E-state index contributed by atoms with van der Waals surface area (Å²) < 4.78 is 2.02. The Morgan fingerprint density at radius 3 is 2.83 bits per heavy atom. The lowest BCUT2D eigenvalue weighted by atomic mass is 10.2. The number of imidazole rings is 1. The quantitative estimate of drug-likeness (QED) is 0.641. The first-order chi connectivity index (χ1) is 8.78. The largest absolute Gasteiger partial charge is 0.299 e. The Hall–Kier alpha value is -2.42. The van der Waals surface area contributed by atoms with Crippen LogP contribution >= 0.6 is 0 Å². The van der Waals surface area contributed by atoms with E-state index in [0.717, 1.165) is 23.0 Å². The summed E-state index contributed by atoms with van der Waals surface area (Å²) in [5.41, 5.74) is 4.78. The predicted octanol–water partition coefficient (Wildman–Crippen LogP) is 3.15. The Balaban J connectivity index is 2.21. The smallest absolute Gasteiger partial charge is 0.150 e. The van der Waals surface area contributed by atoms with E-state index in [1.165, 1.54) is 5.56 Å². The summed E-state index contributed by atoms with van der Waals surface area (Å²) in [5.74, 6) is 0. The SMILES string of the molecule is Cc1cccc(-n2cnc3cc(C=O)ccc32)c1. The molecule has 2 aromatic carbocycles. The molecule has 1 aromatic heterocycles. The van der Waals surface area contributed by atoms with E-state index in [0.29, 0.717) is 5.56 Å². The van der Waals surface area contributed by atoms with Crippen molar-refractivity contribution in [3.63, 3.8) is 0 Å². The first-order valence-corrected chi connectivity index (χ1v) is 5.77. The zero-order valence-corrected chi connectivity index (χ0v) is 10.00. The molecule has 0 aliphatic heterocycles. The van der Waals surface area contributed by atoms with Gasteiger partial charge in [0.05, 0.1) is 11.0 Å². The van der Waals surface area contributed by atoms with Crippen molar-refractivity contribution < 1.29 is 4.79 Å². The number of fused-ring (bicyclic) bond motifs is 1. The van der Waals surface area contributed by atoms with Gasteiger partial charge in [0.1, 0.15) is 12.6 Å². The lowest BCUT2D eigenvalue weighted by Crippen LogP contribution is -1.92. The normalized spacial score (nSPS) is 10.7. The molecule has 3 heteroatoms. The third-order valence-corrected chi connectivity index (χ3v) is 2.99. The number of carbonyl (C=O) groups excluding carboxylic acids is 1. The number of benzene rings is 2. The Morgan fingerprint density at radius 1 is 1.17 bits per heavy atom. The summed E-state index contributed by atoms with van der Waals surface area (Å²) in [6.07, 6.45) is 2.62. The molecule has 0 radical (unpaired) electrons. The van der Waals surface area contributed by atoms with E-state index in [4.69, 9.17) is 0 Å². The summed E-state index contributed by atoms with van der Waals surface area (Å²) >= 11 is 0. The minimum Gasteiger partial charge on any atom is -0.299 e. The Morgan fingerprint density at radius 2 is 2.06 bits per heavy atom. The van der Waals surface area contributed by atoms with Crippen LogP contribution in [-0.2, 0) is 0 Å². The summed E-state index contributed by atoms with van der Waals surface area (Å²) in [6, 6.07) is 13.8. The van der Waals surface area contributed by atoms with Gasteiger partial charge in [0.25, 0.3) is 0 Å². The van der Waals surface area contributed by atoms with E-state index in [2.05, 4.69) is 24.0 Å². The Kier molecular flexibility index (Phi) is 2.45. The number of aromatic nitrogens is 2. The van der Waals surface area contributed by atoms with Crippen LogP contribution in [0.4, 0.5) is 0 Å². The number of nitrogens with zero attached hydrogens (tertiary/aromatic N) is 2. The van der Waals surface area contributed by atoms with Gasteiger partial charge in [-0.3, -0.25) is 9.36 Å². The molecule has 0 amide bonds. The molecular weight excluding hydrogens is 224 g/mol. The van der Waals surface area contributed by atoms with Gasteiger partial charge in [-0.05, 0) is 42.8 Å². The standard InChI is InChI=1S/C15H12N2O/c1-11-3-2-4-13(7-11)17-10-16-14-8-12(9-18)5-6-15(14)17/h2-10H,1H3. The maximum atomic E-state index is 10.7. The Labute approximate surface area is 105 Å². The van der Waals surface area contributed by atoms with Crippen LogP contribution in [0.1, 0.15) is 15.9 Å². The molecule has 0 spiro atoms. The lowest BCUT2D eigenvalue weighted by Gasteiger charge is -2.05. The molecule has 3 aromatic rings. The van der Waals surface area contributed by atoms with Crippen LogP contribution in [0.2, 0.25) is 0 Å². The fourth-order valence-electron chi connectivity index (χ4n) is 2.09. The third-order valence-electron chi connectivity index (χ3n) is 2.99. The summed E-state index contributed by atoms with van der Waals surface area (Å²) in [7, 11) is 0. The maximum Gasteiger partial charge on any atom is 0.150 e. The molecule has 1 heterocycles. The highest BCUT2D eigenvalue weighted by Gasteiger charge is 2.05. The van der Waals surface area contributed by atoms with Crippen molar-refractivity contribution in [1.29, 1.82) is 0 Å². The number of hydrogen-bond acceptors (Lipinski definition) is 2. The maximum absolute atomic E-state index is 10.7. The van der Waals surface area contributed by atoms with E-state index in [9.17, 15) is 4.79 Å². The van der Waals surface area contributed by atoms with Crippen LogP contribution in [0.15, 0.2) is 48.8 Å². The van der Waals surface area contributed by atoms with Gasteiger partial charge in [0, 0.05) is 11.3 Å². The second-order valence-electron chi connectivity index (χ2n) is 4.32. The molecule has 0 aliphatic rings. The summed E-state index contributed by atoms with van der Waals surface area (Å²) in [5, 5.41) is 0. The summed E-state index contributed by atoms with van der Waals surface area (Å²) in [4.78, 5) is 15.1. The molecule has 18 heavy (non-hydrogen) atoms. The van der Waals surface area contributed by atoms with Gasteiger partial charge in [-0.25, -0.2) is 4.98 Å². The topological polar surface area (TPSA) is 34.9 Å². The number of carbonyl (C=O) groups is 1. The average Bonchev–Trinajstić information content (AvgIpc) is 2.81. The van der Waals surface area contributed by atoms with Crippen molar-refractivity contribution in [1.82, 2.24) is 9.55 Å². The van der Waals surface area contributed by atoms with Crippen molar-refractivity contribution in [3.8, 4) is 5.69 Å². The van der Waals surface area contributed by atoms with Crippen molar-refractivity contribution in [3.05, 3.63) is 59.9 Å². The van der Waals surface area contributed by atoms with E-state index in [-0.39, 0.29) is 0 Å². The predicted molar refractivity (Wildman–Crippen MR) is 71.2 cm³/mol. The fraction of sp³-hybridized carbons (Fsp3) is 0.0667. The second-order valence-corrected chi connectivity index (χ2v) is 4.32. The van der Waals surface area contributed by atoms with Crippen LogP contribution in [0.3, 0.4) is 0 Å². The van der Waals surface area contributed by atoms with E-state index in [1.807, 2.05) is 28.8 Å². The van der Waals surface area contributed by atoms with Crippen LogP contribution in [0.5, 0.6) is 0 Å². The molecule has 0 unspecified atom stereocenters. The molecule has 0 N–H and O–H groups in total. The van der Waals surface area contributed by atoms with Crippen molar-refractivity contribution in [2.75, 3.05) is 0 Å². The number of hydrogen-bond donors (Lipinski definition) is 0. The first-order valence-electron chi connectivity index (χ1n) is 5.77. The van der Waals surface area contributed by atoms with Gasteiger partial charge < -0.3 is 0 Å². The zero-order valence-electron chi connectivity index (χ0n) is 10.00. The highest BCUT2D eigenvalue weighted by molar-refractivity contribution is 5.85. The molecule has 88 valence electrons. The minimum absolute atomic E-state index is 0.650. The van der Waals surface area contributed by atoms with Crippen LogP contribution in [-0.4, -0.2) is 15.8 Å². The van der Waals surface area contributed by atoms with Gasteiger partial charge in [0.15, 0.2) is 0 Å². The molecule has 0 atom stereocenters. The van der Waals surface area contributed by atoms with Crippen molar-refractivity contribution in [2.24, 2.45) is 0 Å². The number of aldehydes is 1. The monoisotopic (exact) mass is 236 g/mol. The van der Waals surface area contributed by atoms with Gasteiger partial charge >= 0.3 is 0 Å². The second kappa shape index (κ2) is 4.11. The fourth-order valence-corrected chi connectivity index (χ4v) is 2.09. The lowest BCUT2D eigenvalue weighted by molar-refractivity contribution is 0.112. The van der Waals surface area contributed by atoms with E-state index in [1.54, 1.807) is 12.4 Å². The van der Waals surface area contributed by atoms with Crippen LogP contribution in [0, 0.1) is 6.92 Å². The van der Waals surface area contributed by atoms with Crippen molar-refractivity contribution in [2.45, 2.75) is 6.92 Å². The molecular formula is C15H12N2O. The minimum atomic E-state index is 0.650. The molecule has 0 saturated carbocycles. The molecule has 3 rings (SSSR count). The summed E-state index contributed by atoms with van der Waals surface area (Å²) in [6.45, 7) is 2.06. The van der Waals surface area contributed by atoms with Gasteiger partial charge in [-0.15, -0.1) is 0 Å². The Bertz CT molecular complexity index is 728. The van der Waals surface area contributed by atoms with E-state index >= 15 is 0 Å². The third kappa shape index (κ3) is 1.70. The number of rotatable bonds is 2. The highest BCUT2D eigenvalue weighted by Crippen LogP contribution is 2.19. The highest BCUT2D eigenvalue weighted by atomic mass is 16.1. The van der Waals surface area contributed by atoms with Gasteiger partial charge in [-0.2, -0.15) is 0 Å². The molecule has 0 fully saturated rings. The zero-order chi connectivity index (χ0) is 12.5. The molecule has 0 bridgehead atoms. The van der Waals surface area contributed by atoms with E-state index < -0.39 is 0 Å². The van der Waals surface area contributed by atoms with Crippen LogP contribution < -0.4 is 0 Å². The average molecular weight is 236 g/mol.